The molecule has 0 saturated heterocycles. The van der Waals surface area contributed by atoms with Gasteiger partial charge in [0.25, 0.3) is 0 Å². The summed E-state index contributed by atoms with van der Waals surface area (Å²) in [6.07, 6.45) is -0.922. The van der Waals surface area contributed by atoms with Crippen molar-refractivity contribution in [3.8, 4) is 0 Å². The molecule has 130 valence electrons. The maximum atomic E-state index is 12.0. The summed E-state index contributed by atoms with van der Waals surface area (Å²) in [7, 11) is 1.40. The Kier molecular flexibility index (Phi) is 9.50. The molecule has 0 heterocycles. The van der Waals surface area contributed by atoms with Crippen molar-refractivity contribution in [1.82, 2.24) is 0 Å². The number of hydrogen-bond acceptors (Lipinski definition) is 5. The predicted molar refractivity (Wildman–Crippen MR) is 87.0 cm³/mol. The van der Waals surface area contributed by atoms with E-state index in [-0.39, 0.29) is 34.1 Å². The molecular weight excluding hydrogens is 300 g/mol. The molecule has 0 amide bonds. The lowest BCUT2D eigenvalue weighted by atomic mass is 9.98. The van der Waals surface area contributed by atoms with Gasteiger partial charge in [-0.05, 0) is 18.9 Å². The fraction of sp³-hybridized carbons (Fsp3) is 0.471. The first-order chi connectivity index (χ1) is 10.5. The minimum atomic E-state index is -1.05. The first-order valence-electron chi connectivity index (χ1n) is 6.92. The zero-order valence-electron chi connectivity index (χ0n) is 12.7. The number of methoxy groups -OCH3 is 1. The number of ketones is 1. The quantitative estimate of drug-likeness (QED) is 0.701. The number of rotatable bonds is 9. The molecule has 0 aliphatic carbocycles. The van der Waals surface area contributed by atoms with Crippen molar-refractivity contribution in [2.75, 3.05) is 13.7 Å². The summed E-state index contributed by atoms with van der Waals surface area (Å²) in [5.74, 6) is -2.50. The van der Waals surface area contributed by atoms with Crippen LogP contribution in [0.2, 0.25) is 0 Å². The summed E-state index contributed by atoms with van der Waals surface area (Å²) < 4.78 is 10.2. The number of aliphatic carboxylic acids is 1. The van der Waals surface area contributed by atoms with Crippen molar-refractivity contribution in [3.05, 3.63) is 35.9 Å². The Bertz CT molecular complexity index is 517. The number of Topliss-reactive ketones (excluding diaryl/α,β-unsaturated/α-hetero) is 1. The smallest absolute Gasteiger partial charge is 0.339 e. The SMILES string of the molecule is C.COC(C(=O)OCCC(CC(=O)O)C(C)=O)c1ccccc1.[2HH]. The van der Waals surface area contributed by atoms with Gasteiger partial charge in [-0.2, -0.15) is 0 Å². The second kappa shape index (κ2) is 10.5. The number of carboxylic acids is 1. The molecule has 6 heteroatoms. The van der Waals surface area contributed by atoms with E-state index in [2.05, 4.69) is 0 Å². The van der Waals surface area contributed by atoms with Gasteiger partial charge in [0.05, 0.1) is 13.0 Å². The highest BCUT2D eigenvalue weighted by molar-refractivity contribution is 5.83. The van der Waals surface area contributed by atoms with Crippen LogP contribution in [0.25, 0.3) is 0 Å². The third kappa shape index (κ3) is 7.06. The molecule has 6 nitrogen and oxygen atoms in total. The van der Waals surface area contributed by atoms with Crippen LogP contribution in [0.5, 0.6) is 0 Å². The molecule has 1 aromatic rings. The Hall–Kier alpha value is -2.21. The van der Waals surface area contributed by atoms with Crippen LogP contribution >= 0.6 is 0 Å². The van der Waals surface area contributed by atoms with Crippen LogP contribution in [0.1, 0.15) is 40.3 Å². The highest BCUT2D eigenvalue weighted by atomic mass is 16.6. The second-order valence-corrected chi connectivity index (χ2v) is 4.89. The molecule has 0 fully saturated rings. The molecule has 23 heavy (non-hydrogen) atoms. The number of hydrogen-bond donors (Lipinski definition) is 1. The van der Waals surface area contributed by atoms with E-state index >= 15 is 0 Å². The van der Waals surface area contributed by atoms with Gasteiger partial charge in [0.15, 0.2) is 6.10 Å². The molecule has 0 aromatic heterocycles. The lowest BCUT2D eigenvalue weighted by Crippen LogP contribution is -2.22. The maximum absolute atomic E-state index is 12.0. The van der Waals surface area contributed by atoms with E-state index in [1.54, 1.807) is 24.3 Å². The molecule has 1 aromatic carbocycles. The molecular formula is C17H26O6. The van der Waals surface area contributed by atoms with Crippen molar-refractivity contribution < 1.29 is 30.4 Å². The predicted octanol–water partition coefficient (Wildman–Crippen LogP) is 2.87. The van der Waals surface area contributed by atoms with E-state index in [1.807, 2.05) is 6.07 Å². The first kappa shape index (κ1) is 20.8. The van der Waals surface area contributed by atoms with Crippen molar-refractivity contribution >= 4 is 17.7 Å². The molecule has 0 radical (unpaired) electrons. The molecule has 0 saturated carbocycles. The highest BCUT2D eigenvalue weighted by Gasteiger charge is 2.23. The first-order valence-corrected chi connectivity index (χ1v) is 6.92. The van der Waals surface area contributed by atoms with Gasteiger partial charge in [0.2, 0.25) is 0 Å². The van der Waals surface area contributed by atoms with Gasteiger partial charge in [-0.25, -0.2) is 4.79 Å². The van der Waals surface area contributed by atoms with Crippen molar-refractivity contribution in [2.24, 2.45) is 5.92 Å². The number of carbonyl (C=O) groups excluding carboxylic acids is 2. The van der Waals surface area contributed by atoms with Crippen LogP contribution in [0.15, 0.2) is 30.3 Å². The van der Waals surface area contributed by atoms with E-state index in [0.717, 1.165) is 0 Å². The van der Waals surface area contributed by atoms with E-state index in [1.165, 1.54) is 14.0 Å². The summed E-state index contributed by atoms with van der Waals surface area (Å²) in [4.78, 5) is 34.0. The van der Waals surface area contributed by atoms with Crippen LogP contribution in [-0.2, 0) is 23.9 Å². The van der Waals surface area contributed by atoms with Gasteiger partial charge in [-0.3, -0.25) is 9.59 Å². The Morgan fingerprint density at radius 3 is 2.30 bits per heavy atom. The van der Waals surface area contributed by atoms with E-state index in [9.17, 15) is 14.4 Å². The van der Waals surface area contributed by atoms with Crippen molar-refractivity contribution in [3.63, 3.8) is 0 Å². The van der Waals surface area contributed by atoms with Gasteiger partial charge >= 0.3 is 11.9 Å². The number of benzene rings is 1. The lowest BCUT2D eigenvalue weighted by molar-refractivity contribution is -0.156. The summed E-state index contributed by atoms with van der Waals surface area (Å²) in [6.45, 7) is 1.31. The van der Waals surface area contributed by atoms with Crippen LogP contribution in [0, 0.1) is 5.92 Å². The summed E-state index contributed by atoms with van der Waals surface area (Å²) in [5, 5.41) is 8.74. The molecule has 2 unspecified atom stereocenters. The molecule has 1 rings (SSSR count). The number of carboxylic acid groups (broad SMARTS) is 1. The van der Waals surface area contributed by atoms with Crippen molar-refractivity contribution in [1.29, 1.82) is 0 Å². The third-order valence-electron chi connectivity index (χ3n) is 3.26. The standard InChI is InChI=1S/C16H20O6.CH4.H2/c1-11(17)13(10-14(18)19)8-9-22-16(20)15(21-2)12-6-4-3-5-7-12;;/h3-7,13,15H,8-10H2,1-2H3,(H,18,19);1H4;1H/i;;1+1. The van der Waals surface area contributed by atoms with Crippen LogP contribution < -0.4 is 0 Å². The number of esters is 1. The van der Waals surface area contributed by atoms with Crippen LogP contribution in [0.4, 0.5) is 0 Å². The Morgan fingerprint density at radius 2 is 1.83 bits per heavy atom. The van der Waals surface area contributed by atoms with Crippen molar-refractivity contribution in [2.45, 2.75) is 33.3 Å². The fourth-order valence-electron chi connectivity index (χ4n) is 2.03. The second-order valence-electron chi connectivity index (χ2n) is 4.89. The topological polar surface area (TPSA) is 89.9 Å². The maximum Gasteiger partial charge on any atom is 0.339 e. The molecule has 0 spiro atoms. The van der Waals surface area contributed by atoms with Crippen LogP contribution in [0.3, 0.4) is 0 Å². The van der Waals surface area contributed by atoms with E-state index in [4.69, 9.17) is 14.6 Å². The van der Waals surface area contributed by atoms with Gasteiger partial charge in [-0.15, -0.1) is 0 Å². The molecule has 2 atom stereocenters. The lowest BCUT2D eigenvalue weighted by Gasteiger charge is -2.16. The normalized spacial score (nSPS) is 12.6. The largest absolute Gasteiger partial charge is 0.481 e. The monoisotopic (exact) mass is 327 g/mol. The Labute approximate surface area is 137 Å². The van der Waals surface area contributed by atoms with Gasteiger partial charge in [0.1, 0.15) is 5.78 Å². The van der Waals surface area contributed by atoms with E-state index in [0.29, 0.717) is 5.56 Å². The Morgan fingerprint density at radius 1 is 1.22 bits per heavy atom. The average Bonchev–Trinajstić information content (AvgIpc) is 2.47. The molecule has 0 aliphatic rings. The summed E-state index contributed by atoms with van der Waals surface area (Å²) >= 11 is 0. The zero-order valence-corrected chi connectivity index (χ0v) is 12.7. The minimum absolute atomic E-state index is 0. The fourth-order valence-corrected chi connectivity index (χ4v) is 2.03. The molecule has 0 aliphatic heterocycles. The minimum Gasteiger partial charge on any atom is -0.481 e. The summed E-state index contributed by atoms with van der Waals surface area (Å²) in [6, 6.07) is 8.89. The average molecular weight is 327 g/mol. The number of carbonyl (C=O) groups is 3. The highest BCUT2D eigenvalue weighted by Crippen LogP contribution is 2.18. The van der Waals surface area contributed by atoms with Gasteiger partial charge in [0, 0.05) is 14.5 Å². The summed E-state index contributed by atoms with van der Waals surface area (Å²) in [5.41, 5.74) is 0.670. The molecule has 1 N–H and O–H groups in total. The van der Waals surface area contributed by atoms with Gasteiger partial charge in [-0.1, -0.05) is 37.8 Å². The van der Waals surface area contributed by atoms with Gasteiger partial charge < -0.3 is 14.6 Å². The van der Waals surface area contributed by atoms with E-state index < -0.39 is 24.0 Å². The Balaban J connectivity index is 0. The third-order valence-corrected chi connectivity index (χ3v) is 3.26. The zero-order chi connectivity index (χ0) is 16.5. The molecule has 0 bridgehead atoms. The number of ether oxygens (including phenoxy) is 2. The van der Waals surface area contributed by atoms with Crippen LogP contribution in [-0.4, -0.2) is 36.5 Å².